The van der Waals surface area contributed by atoms with E-state index in [0.717, 1.165) is 11.3 Å². The zero-order valence-electron chi connectivity index (χ0n) is 18.1. The number of aryl methyl sites for hydroxylation is 1. The van der Waals surface area contributed by atoms with Gasteiger partial charge in [0.15, 0.2) is 11.2 Å². The number of carbonyl (C=O) groups is 1. The number of fused-ring (bicyclic) bond motifs is 1. The molecule has 0 aliphatic carbocycles. The number of para-hydroxylation sites is 1. The van der Waals surface area contributed by atoms with Gasteiger partial charge in [-0.25, -0.2) is 4.68 Å². The summed E-state index contributed by atoms with van der Waals surface area (Å²) in [6.45, 7) is 1.92. The van der Waals surface area contributed by atoms with Gasteiger partial charge >= 0.3 is 0 Å². The van der Waals surface area contributed by atoms with E-state index in [-0.39, 0.29) is 11.0 Å². The van der Waals surface area contributed by atoms with Crippen molar-refractivity contribution in [1.82, 2.24) is 9.78 Å². The molecule has 0 atom stereocenters. The maximum absolute atomic E-state index is 12.9. The molecule has 5 aromatic rings. The van der Waals surface area contributed by atoms with Gasteiger partial charge in [-0.05, 0) is 43.3 Å². The Morgan fingerprint density at radius 1 is 1.03 bits per heavy atom. The average molecular weight is 446 g/mol. The van der Waals surface area contributed by atoms with E-state index >= 15 is 0 Å². The van der Waals surface area contributed by atoms with Gasteiger partial charge in [-0.2, -0.15) is 10.4 Å². The third kappa shape index (κ3) is 3.85. The van der Waals surface area contributed by atoms with E-state index in [1.807, 2.05) is 43.3 Å². The minimum absolute atomic E-state index is 0.125. The normalized spacial score (nSPS) is 10.7. The first-order chi connectivity index (χ1) is 16.5. The van der Waals surface area contributed by atoms with Crippen LogP contribution >= 0.6 is 0 Å². The molecular formula is C27H18N4O3. The first kappa shape index (κ1) is 20.9. The minimum Gasteiger partial charge on any atom is -0.456 e. The number of anilines is 1. The molecule has 0 unspecified atom stereocenters. The van der Waals surface area contributed by atoms with E-state index in [9.17, 15) is 14.9 Å². The monoisotopic (exact) mass is 446 g/mol. The van der Waals surface area contributed by atoms with E-state index in [4.69, 9.17) is 4.42 Å². The molecule has 0 aliphatic heterocycles. The molecule has 3 aromatic carbocycles. The van der Waals surface area contributed by atoms with Crippen molar-refractivity contribution < 1.29 is 9.21 Å². The van der Waals surface area contributed by atoms with Crippen molar-refractivity contribution in [2.24, 2.45) is 0 Å². The highest BCUT2D eigenvalue weighted by molar-refractivity contribution is 6.04. The summed E-state index contributed by atoms with van der Waals surface area (Å²) in [6.07, 6.45) is 1.41. The van der Waals surface area contributed by atoms with Crippen molar-refractivity contribution in [1.29, 1.82) is 5.26 Å². The minimum atomic E-state index is -0.392. The van der Waals surface area contributed by atoms with Gasteiger partial charge in [0.25, 0.3) is 5.91 Å². The molecule has 5 rings (SSSR count). The van der Waals surface area contributed by atoms with Crippen molar-refractivity contribution in [3.05, 3.63) is 112 Å². The van der Waals surface area contributed by atoms with Crippen LogP contribution < -0.4 is 10.7 Å². The molecule has 2 aromatic heterocycles. The number of carbonyl (C=O) groups excluding carboxylic acids is 1. The molecule has 0 saturated carbocycles. The standard InChI is InChI=1S/C27H18N4O3/c1-17-7-12-24-22(13-17)23(32)14-25(34-24)18-8-10-19(11-9-18)27(33)30-26-20(15-28)16-29-31(26)21-5-3-2-4-6-21/h2-14,16H,1H3,(H,30,33). The maximum Gasteiger partial charge on any atom is 0.256 e. The van der Waals surface area contributed by atoms with E-state index in [0.29, 0.717) is 33.7 Å². The first-order valence-corrected chi connectivity index (χ1v) is 10.5. The predicted molar refractivity (Wildman–Crippen MR) is 129 cm³/mol. The number of hydrogen-bond acceptors (Lipinski definition) is 5. The van der Waals surface area contributed by atoms with Gasteiger partial charge in [0.05, 0.1) is 17.3 Å². The number of hydrogen-bond donors (Lipinski definition) is 1. The van der Waals surface area contributed by atoms with Crippen LogP contribution in [0.5, 0.6) is 0 Å². The van der Waals surface area contributed by atoms with Crippen LogP contribution in [0.2, 0.25) is 0 Å². The summed E-state index contributed by atoms with van der Waals surface area (Å²) in [6, 6.07) is 24.9. The molecule has 34 heavy (non-hydrogen) atoms. The lowest BCUT2D eigenvalue weighted by Crippen LogP contribution is -2.16. The molecule has 164 valence electrons. The summed E-state index contributed by atoms with van der Waals surface area (Å²) in [4.78, 5) is 25.5. The first-order valence-electron chi connectivity index (χ1n) is 10.5. The molecule has 1 amide bonds. The van der Waals surface area contributed by atoms with E-state index in [1.165, 1.54) is 16.9 Å². The Hall–Kier alpha value is -4.96. The fourth-order valence-electron chi connectivity index (χ4n) is 3.69. The summed E-state index contributed by atoms with van der Waals surface area (Å²) in [5, 5.41) is 17.0. The van der Waals surface area contributed by atoms with Gasteiger partial charge in [0, 0.05) is 17.2 Å². The van der Waals surface area contributed by atoms with Crippen LogP contribution in [-0.4, -0.2) is 15.7 Å². The Bertz CT molecular complexity index is 1630. The topological polar surface area (TPSA) is 101 Å². The summed E-state index contributed by atoms with van der Waals surface area (Å²) in [5.74, 6) is 0.317. The number of rotatable bonds is 4. The Labute approximate surface area is 194 Å². The molecule has 0 radical (unpaired) electrons. The lowest BCUT2D eigenvalue weighted by molar-refractivity contribution is 0.102. The molecule has 0 aliphatic rings. The second-order valence-electron chi connectivity index (χ2n) is 7.77. The Balaban J connectivity index is 1.43. The quantitative estimate of drug-likeness (QED) is 0.415. The van der Waals surface area contributed by atoms with Crippen LogP contribution in [0.15, 0.2) is 94.3 Å². The number of nitrogens with one attached hydrogen (secondary N) is 1. The lowest BCUT2D eigenvalue weighted by Gasteiger charge is -2.10. The largest absolute Gasteiger partial charge is 0.456 e. The van der Waals surface area contributed by atoms with Crippen molar-refractivity contribution in [3.63, 3.8) is 0 Å². The number of nitriles is 1. The smallest absolute Gasteiger partial charge is 0.256 e. The third-order valence-corrected chi connectivity index (χ3v) is 5.44. The van der Waals surface area contributed by atoms with E-state index in [1.54, 1.807) is 36.4 Å². The average Bonchev–Trinajstić information content (AvgIpc) is 3.27. The van der Waals surface area contributed by atoms with Crippen LogP contribution in [0.3, 0.4) is 0 Å². The highest BCUT2D eigenvalue weighted by atomic mass is 16.3. The number of aromatic nitrogens is 2. The third-order valence-electron chi connectivity index (χ3n) is 5.44. The molecule has 0 fully saturated rings. The highest BCUT2D eigenvalue weighted by Gasteiger charge is 2.16. The maximum atomic E-state index is 12.9. The Morgan fingerprint density at radius 2 is 1.79 bits per heavy atom. The van der Waals surface area contributed by atoms with E-state index < -0.39 is 5.91 Å². The fourth-order valence-corrected chi connectivity index (χ4v) is 3.69. The zero-order chi connectivity index (χ0) is 23.7. The van der Waals surface area contributed by atoms with Crippen molar-refractivity contribution in [2.75, 3.05) is 5.32 Å². The molecule has 7 heteroatoms. The molecule has 2 heterocycles. The van der Waals surface area contributed by atoms with Gasteiger partial charge < -0.3 is 9.73 Å². The van der Waals surface area contributed by atoms with Gasteiger partial charge in [-0.1, -0.05) is 42.0 Å². The van der Waals surface area contributed by atoms with Crippen molar-refractivity contribution >= 4 is 22.7 Å². The van der Waals surface area contributed by atoms with Crippen LogP contribution in [0.1, 0.15) is 21.5 Å². The SMILES string of the molecule is Cc1ccc2oc(-c3ccc(C(=O)Nc4c(C#N)cnn4-c4ccccc4)cc3)cc(=O)c2c1. The van der Waals surface area contributed by atoms with Gasteiger partial charge in [-0.15, -0.1) is 0 Å². The molecule has 0 saturated heterocycles. The van der Waals surface area contributed by atoms with Gasteiger partial charge in [-0.3, -0.25) is 9.59 Å². The second-order valence-corrected chi connectivity index (χ2v) is 7.77. The second kappa shape index (κ2) is 8.52. The Morgan fingerprint density at radius 3 is 2.53 bits per heavy atom. The molecule has 0 bridgehead atoms. The van der Waals surface area contributed by atoms with Crippen LogP contribution in [0.25, 0.3) is 28.0 Å². The van der Waals surface area contributed by atoms with Crippen molar-refractivity contribution in [2.45, 2.75) is 6.92 Å². The predicted octanol–water partition coefficient (Wildman–Crippen LogP) is 5.08. The van der Waals surface area contributed by atoms with Crippen LogP contribution in [0.4, 0.5) is 5.82 Å². The number of nitrogens with zero attached hydrogens (tertiary/aromatic N) is 3. The molecule has 7 nitrogen and oxygen atoms in total. The summed E-state index contributed by atoms with van der Waals surface area (Å²) >= 11 is 0. The van der Waals surface area contributed by atoms with Crippen LogP contribution in [0, 0.1) is 18.3 Å². The summed E-state index contributed by atoms with van der Waals surface area (Å²) in [5.41, 5.74) is 3.39. The molecule has 0 spiro atoms. The lowest BCUT2D eigenvalue weighted by atomic mass is 10.1. The van der Waals surface area contributed by atoms with Crippen LogP contribution in [-0.2, 0) is 0 Å². The number of amides is 1. The van der Waals surface area contributed by atoms with Crippen molar-refractivity contribution in [3.8, 4) is 23.1 Å². The summed E-state index contributed by atoms with van der Waals surface area (Å²) < 4.78 is 7.43. The summed E-state index contributed by atoms with van der Waals surface area (Å²) in [7, 11) is 0. The fraction of sp³-hybridized carbons (Fsp3) is 0.0370. The highest BCUT2D eigenvalue weighted by Crippen LogP contribution is 2.24. The molecular weight excluding hydrogens is 428 g/mol. The molecule has 1 N–H and O–H groups in total. The number of benzene rings is 3. The van der Waals surface area contributed by atoms with E-state index in [2.05, 4.69) is 16.5 Å². The van der Waals surface area contributed by atoms with Gasteiger partial charge in [0.2, 0.25) is 0 Å². The zero-order valence-corrected chi connectivity index (χ0v) is 18.1. The van der Waals surface area contributed by atoms with Gasteiger partial charge in [0.1, 0.15) is 23.0 Å². The Kier molecular flexibility index (Phi) is 5.24.